The van der Waals surface area contributed by atoms with Gasteiger partial charge in [0.15, 0.2) is 6.04 Å². The van der Waals surface area contributed by atoms with E-state index in [2.05, 4.69) is 14.8 Å². The molecule has 0 N–H and O–H groups in total. The Bertz CT molecular complexity index is 410. The van der Waals surface area contributed by atoms with Gasteiger partial charge < -0.3 is 9.47 Å². The van der Waals surface area contributed by atoms with Crippen molar-refractivity contribution in [3.63, 3.8) is 0 Å². The molecule has 6 heteroatoms. The maximum Gasteiger partial charge on any atom is 0.319 e. The highest BCUT2D eigenvalue weighted by atomic mass is 16.5. The van der Waals surface area contributed by atoms with Crippen LogP contribution in [-0.4, -0.2) is 20.2 Å². The number of ether oxygens (including phenoxy) is 2. The zero-order chi connectivity index (χ0) is 12.0. The SMILES string of the molecule is COC(=O)C(N=[N+]=[N-])c1ccc(OC)cc1. The first kappa shape index (κ1) is 11.9. The van der Waals surface area contributed by atoms with E-state index in [-0.39, 0.29) is 0 Å². The molecular formula is C10H11N3O3. The van der Waals surface area contributed by atoms with E-state index in [4.69, 9.17) is 10.3 Å². The summed E-state index contributed by atoms with van der Waals surface area (Å²) < 4.78 is 9.52. The van der Waals surface area contributed by atoms with Crippen molar-refractivity contribution >= 4 is 5.97 Å². The molecule has 1 aromatic carbocycles. The van der Waals surface area contributed by atoms with Crippen LogP contribution in [0.25, 0.3) is 10.4 Å². The van der Waals surface area contributed by atoms with Crippen LogP contribution in [0, 0.1) is 0 Å². The predicted molar refractivity (Wildman–Crippen MR) is 56.9 cm³/mol. The maximum atomic E-state index is 11.3. The van der Waals surface area contributed by atoms with Crippen molar-refractivity contribution in [1.29, 1.82) is 0 Å². The largest absolute Gasteiger partial charge is 0.497 e. The van der Waals surface area contributed by atoms with Crippen LogP contribution >= 0.6 is 0 Å². The molecule has 6 nitrogen and oxygen atoms in total. The maximum absolute atomic E-state index is 11.3. The molecule has 0 saturated heterocycles. The van der Waals surface area contributed by atoms with E-state index in [1.807, 2.05) is 0 Å². The van der Waals surface area contributed by atoms with Crippen molar-refractivity contribution in [2.75, 3.05) is 14.2 Å². The summed E-state index contributed by atoms with van der Waals surface area (Å²) in [5.74, 6) is 0.0660. The minimum atomic E-state index is -0.957. The molecule has 0 aliphatic rings. The number of hydrogen-bond donors (Lipinski definition) is 0. The fraction of sp³-hybridized carbons (Fsp3) is 0.300. The zero-order valence-corrected chi connectivity index (χ0v) is 8.95. The van der Waals surface area contributed by atoms with E-state index in [0.29, 0.717) is 11.3 Å². The Hall–Kier alpha value is -2.20. The average Bonchev–Trinajstić information content (AvgIpc) is 2.35. The minimum absolute atomic E-state index is 0.561. The molecule has 0 aromatic heterocycles. The molecule has 84 valence electrons. The van der Waals surface area contributed by atoms with Gasteiger partial charge in [0.25, 0.3) is 0 Å². The third-order valence-electron chi connectivity index (χ3n) is 2.02. The van der Waals surface area contributed by atoms with Gasteiger partial charge in [0.1, 0.15) is 5.75 Å². The van der Waals surface area contributed by atoms with Gasteiger partial charge in [-0.3, -0.25) is 4.79 Å². The lowest BCUT2D eigenvalue weighted by molar-refractivity contribution is -0.142. The molecule has 0 saturated carbocycles. The lowest BCUT2D eigenvalue weighted by Gasteiger charge is -2.09. The summed E-state index contributed by atoms with van der Waals surface area (Å²) in [5, 5.41) is 3.39. The fourth-order valence-corrected chi connectivity index (χ4v) is 1.20. The Morgan fingerprint density at radius 3 is 2.44 bits per heavy atom. The Balaban J connectivity index is 3.01. The molecule has 0 radical (unpaired) electrons. The first-order valence-electron chi connectivity index (χ1n) is 4.49. The van der Waals surface area contributed by atoms with E-state index < -0.39 is 12.0 Å². The average molecular weight is 221 g/mol. The molecule has 0 aliphatic heterocycles. The van der Waals surface area contributed by atoms with E-state index in [1.54, 1.807) is 31.4 Å². The van der Waals surface area contributed by atoms with Crippen molar-refractivity contribution < 1.29 is 14.3 Å². The number of benzene rings is 1. The summed E-state index contributed by atoms with van der Waals surface area (Å²) in [6.07, 6.45) is 0. The van der Waals surface area contributed by atoms with Gasteiger partial charge in [0.2, 0.25) is 0 Å². The Kier molecular flexibility index (Phi) is 4.17. The van der Waals surface area contributed by atoms with Gasteiger partial charge in [-0.25, -0.2) is 0 Å². The highest BCUT2D eigenvalue weighted by molar-refractivity contribution is 5.77. The van der Waals surface area contributed by atoms with Crippen LogP contribution in [0.2, 0.25) is 0 Å². The van der Waals surface area contributed by atoms with Crippen molar-refractivity contribution in [3.8, 4) is 5.75 Å². The van der Waals surface area contributed by atoms with Gasteiger partial charge in [-0.15, -0.1) is 0 Å². The summed E-state index contributed by atoms with van der Waals surface area (Å²) in [6, 6.07) is 5.70. The lowest BCUT2D eigenvalue weighted by Crippen LogP contribution is -2.11. The molecule has 0 amide bonds. The molecule has 0 aliphatic carbocycles. The van der Waals surface area contributed by atoms with Crippen molar-refractivity contribution in [2.24, 2.45) is 5.11 Å². The quantitative estimate of drug-likeness (QED) is 0.338. The molecule has 0 heterocycles. The third kappa shape index (κ3) is 2.65. The topological polar surface area (TPSA) is 84.3 Å². The smallest absolute Gasteiger partial charge is 0.319 e. The van der Waals surface area contributed by atoms with Crippen molar-refractivity contribution in [2.45, 2.75) is 6.04 Å². The molecule has 0 spiro atoms. The first-order chi connectivity index (χ1) is 7.72. The van der Waals surface area contributed by atoms with Crippen LogP contribution in [-0.2, 0) is 9.53 Å². The molecule has 0 fully saturated rings. The minimum Gasteiger partial charge on any atom is -0.497 e. The van der Waals surface area contributed by atoms with Gasteiger partial charge >= 0.3 is 5.97 Å². The zero-order valence-electron chi connectivity index (χ0n) is 8.95. The highest BCUT2D eigenvalue weighted by Crippen LogP contribution is 2.21. The Morgan fingerprint density at radius 2 is 2.00 bits per heavy atom. The lowest BCUT2D eigenvalue weighted by atomic mass is 10.1. The summed E-state index contributed by atoms with van der Waals surface area (Å²) in [4.78, 5) is 14.0. The molecule has 1 rings (SSSR count). The Labute approximate surface area is 92.4 Å². The number of azide groups is 1. The summed E-state index contributed by atoms with van der Waals surface area (Å²) in [6.45, 7) is 0. The number of methoxy groups -OCH3 is 2. The first-order valence-corrected chi connectivity index (χ1v) is 4.49. The Morgan fingerprint density at radius 1 is 1.38 bits per heavy atom. The molecule has 1 unspecified atom stereocenters. The second kappa shape index (κ2) is 5.63. The number of carbonyl (C=O) groups excluding carboxylic acids is 1. The molecule has 0 bridgehead atoms. The second-order valence-electron chi connectivity index (χ2n) is 2.90. The van der Waals surface area contributed by atoms with Crippen molar-refractivity contribution in [3.05, 3.63) is 40.3 Å². The summed E-state index contributed by atoms with van der Waals surface area (Å²) in [5.41, 5.74) is 8.93. The van der Waals surface area contributed by atoms with Crippen LogP contribution in [0.1, 0.15) is 11.6 Å². The van der Waals surface area contributed by atoms with Gasteiger partial charge in [-0.1, -0.05) is 17.2 Å². The van der Waals surface area contributed by atoms with E-state index in [1.165, 1.54) is 7.11 Å². The monoisotopic (exact) mass is 221 g/mol. The van der Waals surface area contributed by atoms with E-state index in [9.17, 15) is 4.79 Å². The van der Waals surface area contributed by atoms with Gasteiger partial charge in [0, 0.05) is 4.91 Å². The normalized spacial score (nSPS) is 11.1. The van der Waals surface area contributed by atoms with E-state index in [0.717, 1.165) is 0 Å². The summed E-state index contributed by atoms with van der Waals surface area (Å²) >= 11 is 0. The van der Waals surface area contributed by atoms with Gasteiger partial charge in [-0.05, 0) is 23.2 Å². The molecular weight excluding hydrogens is 210 g/mol. The molecule has 16 heavy (non-hydrogen) atoms. The predicted octanol–water partition coefficient (Wildman–Crippen LogP) is 2.22. The van der Waals surface area contributed by atoms with Crippen LogP contribution in [0.5, 0.6) is 5.75 Å². The fourth-order valence-electron chi connectivity index (χ4n) is 1.20. The number of nitrogens with zero attached hydrogens (tertiary/aromatic N) is 3. The van der Waals surface area contributed by atoms with Crippen molar-refractivity contribution in [1.82, 2.24) is 0 Å². The second-order valence-corrected chi connectivity index (χ2v) is 2.90. The van der Waals surface area contributed by atoms with Crippen LogP contribution < -0.4 is 4.74 Å². The number of carbonyl (C=O) groups is 1. The number of hydrogen-bond acceptors (Lipinski definition) is 4. The number of rotatable bonds is 4. The summed E-state index contributed by atoms with van der Waals surface area (Å²) in [7, 11) is 2.78. The third-order valence-corrected chi connectivity index (χ3v) is 2.02. The van der Waals surface area contributed by atoms with Gasteiger partial charge in [0.05, 0.1) is 14.2 Å². The highest BCUT2D eigenvalue weighted by Gasteiger charge is 2.19. The molecule has 1 atom stereocenters. The van der Waals surface area contributed by atoms with Crippen LogP contribution in [0.15, 0.2) is 29.4 Å². The molecule has 1 aromatic rings. The van der Waals surface area contributed by atoms with Crippen LogP contribution in [0.3, 0.4) is 0 Å². The standard InChI is InChI=1S/C10H11N3O3/c1-15-8-5-3-7(4-6-8)9(12-13-11)10(14)16-2/h3-6,9H,1-2H3. The van der Waals surface area contributed by atoms with Crippen LogP contribution in [0.4, 0.5) is 0 Å². The van der Waals surface area contributed by atoms with Gasteiger partial charge in [-0.2, -0.15) is 0 Å². The van der Waals surface area contributed by atoms with E-state index >= 15 is 0 Å². The number of esters is 1.